The largest absolute Gasteiger partial charge is 0.382 e. The lowest BCUT2D eigenvalue weighted by molar-refractivity contribution is -0.120. The van der Waals surface area contributed by atoms with E-state index in [1.807, 2.05) is 6.92 Å². The van der Waals surface area contributed by atoms with E-state index < -0.39 is 0 Å². The van der Waals surface area contributed by atoms with Crippen molar-refractivity contribution in [1.29, 1.82) is 0 Å². The molecule has 0 aliphatic rings. The molecule has 0 spiro atoms. The van der Waals surface area contributed by atoms with Crippen molar-refractivity contribution >= 4 is 21.8 Å². The number of carbonyl (C=O) groups excluding carboxylic acids is 1. The first kappa shape index (κ1) is 15.1. The number of carbonyl (C=O) groups is 1. The molecule has 0 aliphatic heterocycles. The Morgan fingerprint density at radius 1 is 1.50 bits per heavy atom. The summed E-state index contributed by atoms with van der Waals surface area (Å²) in [7, 11) is 0. The fourth-order valence-corrected chi connectivity index (χ4v) is 1.87. The molecule has 0 bridgehead atoms. The van der Waals surface area contributed by atoms with E-state index >= 15 is 0 Å². The zero-order chi connectivity index (χ0) is 13.4. The Kier molecular flexibility index (Phi) is 6.90. The summed E-state index contributed by atoms with van der Waals surface area (Å²) in [6.45, 7) is 3.78. The summed E-state index contributed by atoms with van der Waals surface area (Å²) in [5, 5.41) is 2.74. The van der Waals surface area contributed by atoms with Gasteiger partial charge in [-0.1, -0.05) is 15.9 Å². The van der Waals surface area contributed by atoms with Crippen molar-refractivity contribution in [1.82, 2.24) is 5.32 Å². The molecule has 0 unspecified atom stereocenters. The molecule has 18 heavy (non-hydrogen) atoms. The van der Waals surface area contributed by atoms with Crippen LogP contribution < -0.4 is 5.32 Å². The summed E-state index contributed by atoms with van der Waals surface area (Å²) in [5.74, 6) is -0.536. The van der Waals surface area contributed by atoms with Crippen LogP contribution >= 0.6 is 15.9 Å². The third kappa shape index (κ3) is 5.60. The average Bonchev–Trinajstić information content (AvgIpc) is 2.33. The molecule has 100 valence electrons. The van der Waals surface area contributed by atoms with Gasteiger partial charge in [0.1, 0.15) is 5.82 Å². The minimum absolute atomic E-state index is 0.0555. The monoisotopic (exact) mass is 317 g/mol. The van der Waals surface area contributed by atoms with E-state index in [2.05, 4.69) is 21.2 Å². The van der Waals surface area contributed by atoms with Crippen molar-refractivity contribution in [2.24, 2.45) is 0 Å². The van der Waals surface area contributed by atoms with Gasteiger partial charge in [0.2, 0.25) is 5.91 Å². The van der Waals surface area contributed by atoms with Gasteiger partial charge in [0.25, 0.3) is 0 Å². The smallest absolute Gasteiger partial charge is 0.224 e. The Morgan fingerprint density at radius 2 is 2.28 bits per heavy atom. The predicted octanol–water partition coefficient (Wildman–Crippen LogP) is 2.67. The van der Waals surface area contributed by atoms with Crippen LogP contribution in [0.25, 0.3) is 0 Å². The molecule has 1 aromatic rings. The van der Waals surface area contributed by atoms with Crippen molar-refractivity contribution in [3.05, 3.63) is 34.1 Å². The molecule has 0 atom stereocenters. The second-order valence-corrected chi connectivity index (χ2v) is 4.73. The van der Waals surface area contributed by atoms with E-state index in [1.165, 1.54) is 6.07 Å². The first-order valence-electron chi connectivity index (χ1n) is 5.92. The van der Waals surface area contributed by atoms with Crippen LogP contribution in [0.5, 0.6) is 0 Å². The number of hydrogen-bond donors (Lipinski definition) is 1. The second kappa shape index (κ2) is 8.21. The first-order chi connectivity index (χ1) is 8.63. The Balaban J connectivity index is 2.33. The highest BCUT2D eigenvalue weighted by molar-refractivity contribution is 9.10. The molecule has 1 aromatic carbocycles. The van der Waals surface area contributed by atoms with Gasteiger partial charge in [-0.2, -0.15) is 0 Å². The minimum atomic E-state index is -0.359. The molecule has 0 saturated carbocycles. The van der Waals surface area contributed by atoms with Gasteiger partial charge in [-0.15, -0.1) is 0 Å². The van der Waals surface area contributed by atoms with Crippen LogP contribution in [0.2, 0.25) is 0 Å². The van der Waals surface area contributed by atoms with Gasteiger partial charge in [0, 0.05) is 24.2 Å². The van der Waals surface area contributed by atoms with Gasteiger partial charge in [-0.25, -0.2) is 4.39 Å². The van der Waals surface area contributed by atoms with Gasteiger partial charge in [-0.3, -0.25) is 4.79 Å². The van der Waals surface area contributed by atoms with E-state index in [0.29, 0.717) is 25.3 Å². The van der Waals surface area contributed by atoms with Crippen molar-refractivity contribution in [2.75, 3.05) is 19.8 Å². The molecule has 0 radical (unpaired) electrons. The zero-order valence-corrected chi connectivity index (χ0v) is 11.9. The maximum absolute atomic E-state index is 13.4. The molecule has 0 aliphatic carbocycles. The van der Waals surface area contributed by atoms with Crippen LogP contribution in [0.4, 0.5) is 4.39 Å². The predicted molar refractivity (Wildman–Crippen MR) is 71.9 cm³/mol. The fourth-order valence-electron chi connectivity index (χ4n) is 1.46. The number of rotatable bonds is 7. The molecule has 1 N–H and O–H groups in total. The number of nitrogens with one attached hydrogen (secondary N) is 1. The van der Waals surface area contributed by atoms with E-state index in [9.17, 15) is 9.18 Å². The Labute approximate surface area is 115 Å². The van der Waals surface area contributed by atoms with Crippen molar-refractivity contribution in [3.8, 4) is 0 Å². The lowest BCUT2D eigenvalue weighted by atomic mass is 10.1. The maximum atomic E-state index is 13.4. The van der Waals surface area contributed by atoms with Crippen LogP contribution in [0.3, 0.4) is 0 Å². The molecule has 1 amide bonds. The van der Waals surface area contributed by atoms with Crippen LogP contribution in [-0.2, 0) is 16.0 Å². The summed E-state index contributed by atoms with van der Waals surface area (Å²) in [6, 6.07) is 4.58. The van der Waals surface area contributed by atoms with E-state index in [-0.39, 0.29) is 18.1 Å². The standard InChI is InChI=1S/C13H17BrFNO2/c1-2-18-7-3-6-16-13(17)9-10-8-11(14)4-5-12(10)15/h4-5,8H,2-3,6-7,9H2,1H3,(H,16,17). The van der Waals surface area contributed by atoms with E-state index in [0.717, 1.165) is 10.9 Å². The number of benzene rings is 1. The lowest BCUT2D eigenvalue weighted by Gasteiger charge is -2.06. The number of halogens is 2. The molecule has 0 saturated heterocycles. The number of hydrogen-bond acceptors (Lipinski definition) is 2. The second-order valence-electron chi connectivity index (χ2n) is 3.81. The van der Waals surface area contributed by atoms with E-state index in [4.69, 9.17) is 4.74 Å². The average molecular weight is 318 g/mol. The summed E-state index contributed by atoms with van der Waals surface area (Å²) >= 11 is 3.25. The molecule has 0 fully saturated rings. The van der Waals surface area contributed by atoms with Gasteiger partial charge < -0.3 is 10.1 Å². The van der Waals surface area contributed by atoms with Crippen molar-refractivity contribution in [3.63, 3.8) is 0 Å². The zero-order valence-electron chi connectivity index (χ0n) is 10.3. The third-order valence-corrected chi connectivity index (χ3v) is 2.84. The van der Waals surface area contributed by atoms with Crippen molar-refractivity contribution < 1.29 is 13.9 Å². The summed E-state index contributed by atoms with van der Waals surface area (Å²) < 4.78 is 19.3. The Morgan fingerprint density at radius 3 is 3.00 bits per heavy atom. The number of ether oxygens (including phenoxy) is 1. The maximum Gasteiger partial charge on any atom is 0.224 e. The van der Waals surface area contributed by atoms with Gasteiger partial charge in [0.05, 0.1) is 6.42 Å². The molecular weight excluding hydrogens is 301 g/mol. The topological polar surface area (TPSA) is 38.3 Å². The molecule has 0 heterocycles. The van der Waals surface area contributed by atoms with Crippen LogP contribution in [-0.4, -0.2) is 25.7 Å². The highest BCUT2D eigenvalue weighted by Crippen LogP contribution is 2.15. The highest BCUT2D eigenvalue weighted by atomic mass is 79.9. The highest BCUT2D eigenvalue weighted by Gasteiger charge is 2.08. The van der Waals surface area contributed by atoms with Crippen LogP contribution in [0.1, 0.15) is 18.9 Å². The fraction of sp³-hybridized carbons (Fsp3) is 0.462. The van der Waals surface area contributed by atoms with Gasteiger partial charge in [0.15, 0.2) is 0 Å². The SMILES string of the molecule is CCOCCCNC(=O)Cc1cc(Br)ccc1F. The lowest BCUT2D eigenvalue weighted by Crippen LogP contribution is -2.27. The Hall–Kier alpha value is -0.940. The van der Waals surface area contributed by atoms with Gasteiger partial charge >= 0.3 is 0 Å². The van der Waals surface area contributed by atoms with E-state index in [1.54, 1.807) is 12.1 Å². The quantitative estimate of drug-likeness (QED) is 0.785. The summed E-state index contributed by atoms with van der Waals surface area (Å²) in [6.07, 6.45) is 0.820. The van der Waals surface area contributed by atoms with Crippen LogP contribution in [0, 0.1) is 5.82 Å². The van der Waals surface area contributed by atoms with Crippen LogP contribution in [0.15, 0.2) is 22.7 Å². The number of amides is 1. The molecule has 0 aromatic heterocycles. The van der Waals surface area contributed by atoms with Gasteiger partial charge in [-0.05, 0) is 37.1 Å². The normalized spacial score (nSPS) is 10.4. The molecular formula is C13H17BrFNO2. The third-order valence-electron chi connectivity index (χ3n) is 2.35. The minimum Gasteiger partial charge on any atom is -0.382 e. The first-order valence-corrected chi connectivity index (χ1v) is 6.71. The molecule has 5 heteroatoms. The summed E-state index contributed by atoms with van der Waals surface area (Å²) in [4.78, 5) is 11.6. The Bertz CT molecular complexity index is 399. The van der Waals surface area contributed by atoms with Crippen molar-refractivity contribution in [2.45, 2.75) is 19.8 Å². The molecule has 3 nitrogen and oxygen atoms in total. The molecule has 1 rings (SSSR count). The summed E-state index contributed by atoms with van der Waals surface area (Å²) in [5.41, 5.74) is 0.395.